The van der Waals surface area contributed by atoms with E-state index in [4.69, 9.17) is 20.8 Å². The molecule has 1 amide bonds. The van der Waals surface area contributed by atoms with E-state index in [1.807, 2.05) is 54.1 Å². The third-order valence-electron chi connectivity index (χ3n) is 5.27. The number of imidazole rings is 1. The number of aromatic nitrogens is 2. The van der Waals surface area contributed by atoms with E-state index in [0.29, 0.717) is 22.9 Å². The number of nitrogens with zero attached hydrogens (tertiary/aromatic N) is 2. The molecule has 32 heavy (non-hydrogen) atoms. The minimum atomic E-state index is -0.139. The molecule has 0 atom stereocenters. The van der Waals surface area contributed by atoms with Crippen molar-refractivity contribution < 1.29 is 13.9 Å². The first-order valence-electron chi connectivity index (χ1n) is 10.3. The lowest BCUT2D eigenvalue weighted by Gasteiger charge is -2.10. The molecule has 0 aliphatic heterocycles. The maximum absolute atomic E-state index is 12.4. The van der Waals surface area contributed by atoms with Crippen molar-refractivity contribution >= 4 is 34.1 Å². The molecule has 6 nitrogen and oxygen atoms in total. The zero-order chi connectivity index (χ0) is 22.5. The number of benzene rings is 2. The van der Waals surface area contributed by atoms with E-state index in [0.717, 1.165) is 40.6 Å². The highest BCUT2D eigenvalue weighted by molar-refractivity contribution is 6.30. The standard InChI is InChI=1S/C25H24ClN3O3/c1-17(12-25(30)28-8-3-10-29-11-9-27-16-29)20-13-21-22(18-4-6-19(26)7-5-18)15-32-24(21)14-23(20)31-2/h4-7,9,11-16H,3,8,10H2,1-2H3,(H,28,30)/b17-12+. The predicted molar refractivity (Wildman–Crippen MR) is 127 cm³/mol. The molecule has 0 aliphatic carbocycles. The van der Waals surface area contributed by atoms with Gasteiger partial charge < -0.3 is 19.0 Å². The Morgan fingerprint density at radius 2 is 2.09 bits per heavy atom. The fourth-order valence-electron chi connectivity index (χ4n) is 3.60. The number of hydrogen-bond donors (Lipinski definition) is 1. The first-order chi connectivity index (χ1) is 15.5. The summed E-state index contributed by atoms with van der Waals surface area (Å²) in [5.41, 5.74) is 4.32. The monoisotopic (exact) mass is 449 g/mol. The number of carbonyl (C=O) groups excluding carboxylic acids is 1. The summed E-state index contributed by atoms with van der Waals surface area (Å²) in [6, 6.07) is 11.5. The molecule has 2 aromatic carbocycles. The van der Waals surface area contributed by atoms with E-state index in [1.54, 1.807) is 32.0 Å². The van der Waals surface area contributed by atoms with Crippen molar-refractivity contribution in [1.29, 1.82) is 0 Å². The van der Waals surface area contributed by atoms with Gasteiger partial charge in [-0.15, -0.1) is 0 Å². The van der Waals surface area contributed by atoms with Crippen LogP contribution in [0.3, 0.4) is 0 Å². The third kappa shape index (κ3) is 4.86. The second-order valence-electron chi connectivity index (χ2n) is 7.48. The van der Waals surface area contributed by atoms with Gasteiger partial charge >= 0.3 is 0 Å². The number of amides is 1. The van der Waals surface area contributed by atoms with E-state index in [2.05, 4.69) is 10.3 Å². The summed E-state index contributed by atoms with van der Waals surface area (Å²) in [7, 11) is 1.61. The molecule has 0 fully saturated rings. The zero-order valence-electron chi connectivity index (χ0n) is 18.0. The maximum Gasteiger partial charge on any atom is 0.244 e. The smallest absolute Gasteiger partial charge is 0.244 e. The van der Waals surface area contributed by atoms with Gasteiger partial charge in [0.2, 0.25) is 5.91 Å². The number of nitrogens with one attached hydrogen (secondary N) is 1. The van der Waals surface area contributed by atoms with Crippen molar-refractivity contribution in [2.45, 2.75) is 19.9 Å². The van der Waals surface area contributed by atoms with Crippen molar-refractivity contribution in [2.75, 3.05) is 13.7 Å². The number of methoxy groups -OCH3 is 1. The predicted octanol–water partition coefficient (Wildman–Crippen LogP) is 5.57. The van der Waals surface area contributed by atoms with Crippen LogP contribution >= 0.6 is 11.6 Å². The molecule has 0 unspecified atom stereocenters. The normalized spacial score (nSPS) is 11.7. The Morgan fingerprint density at radius 1 is 1.28 bits per heavy atom. The van der Waals surface area contributed by atoms with Crippen LogP contribution in [0.1, 0.15) is 18.9 Å². The maximum atomic E-state index is 12.4. The van der Waals surface area contributed by atoms with Crippen LogP contribution in [0.5, 0.6) is 5.75 Å². The number of hydrogen-bond acceptors (Lipinski definition) is 4. The summed E-state index contributed by atoms with van der Waals surface area (Å²) in [5, 5.41) is 4.56. The second-order valence-corrected chi connectivity index (χ2v) is 7.91. The highest BCUT2D eigenvalue weighted by Crippen LogP contribution is 2.37. The quantitative estimate of drug-likeness (QED) is 0.282. The van der Waals surface area contributed by atoms with Crippen LogP contribution in [0.25, 0.3) is 27.7 Å². The van der Waals surface area contributed by atoms with Gasteiger partial charge in [0, 0.05) is 59.2 Å². The molecule has 2 aromatic heterocycles. The Bertz CT molecular complexity index is 1240. The summed E-state index contributed by atoms with van der Waals surface area (Å²) in [6.45, 7) is 3.29. The van der Waals surface area contributed by atoms with E-state index < -0.39 is 0 Å². The molecule has 4 rings (SSSR count). The summed E-state index contributed by atoms with van der Waals surface area (Å²) in [5.74, 6) is 0.511. The fraction of sp³-hybridized carbons (Fsp3) is 0.200. The van der Waals surface area contributed by atoms with Crippen LogP contribution in [-0.4, -0.2) is 29.1 Å². The topological polar surface area (TPSA) is 69.3 Å². The zero-order valence-corrected chi connectivity index (χ0v) is 18.7. The molecule has 0 bridgehead atoms. The van der Waals surface area contributed by atoms with Gasteiger partial charge in [0.05, 0.1) is 19.7 Å². The number of aryl methyl sites for hydroxylation is 1. The van der Waals surface area contributed by atoms with E-state index in [1.165, 1.54) is 0 Å². The number of fused-ring (bicyclic) bond motifs is 1. The largest absolute Gasteiger partial charge is 0.496 e. The molecule has 0 saturated heterocycles. The third-order valence-corrected chi connectivity index (χ3v) is 5.53. The molecule has 1 N–H and O–H groups in total. The molecule has 0 radical (unpaired) electrons. The molecule has 2 heterocycles. The number of ether oxygens (including phenoxy) is 1. The summed E-state index contributed by atoms with van der Waals surface area (Å²) in [4.78, 5) is 16.5. The van der Waals surface area contributed by atoms with Crippen molar-refractivity contribution in [3.8, 4) is 16.9 Å². The molecule has 0 aliphatic rings. The Balaban J connectivity index is 1.54. The van der Waals surface area contributed by atoms with Crippen molar-refractivity contribution in [3.05, 3.63) is 78.0 Å². The van der Waals surface area contributed by atoms with Crippen LogP contribution < -0.4 is 10.1 Å². The van der Waals surface area contributed by atoms with Gasteiger partial charge in [0.15, 0.2) is 0 Å². The van der Waals surface area contributed by atoms with Crippen LogP contribution in [0.4, 0.5) is 0 Å². The van der Waals surface area contributed by atoms with E-state index in [9.17, 15) is 4.79 Å². The van der Waals surface area contributed by atoms with Crippen LogP contribution in [0, 0.1) is 0 Å². The Labute approximate surface area is 191 Å². The molecule has 0 saturated carbocycles. The van der Waals surface area contributed by atoms with Gasteiger partial charge in [-0.1, -0.05) is 23.7 Å². The van der Waals surface area contributed by atoms with Crippen molar-refractivity contribution in [2.24, 2.45) is 0 Å². The lowest BCUT2D eigenvalue weighted by atomic mass is 9.99. The first kappa shape index (κ1) is 21.7. The molecule has 4 aromatic rings. The van der Waals surface area contributed by atoms with Gasteiger partial charge in [-0.05, 0) is 42.7 Å². The molecule has 164 valence electrons. The van der Waals surface area contributed by atoms with Crippen LogP contribution in [0.2, 0.25) is 5.02 Å². The summed E-state index contributed by atoms with van der Waals surface area (Å²) >= 11 is 6.03. The van der Waals surface area contributed by atoms with Gasteiger partial charge in [-0.2, -0.15) is 0 Å². The second kappa shape index (κ2) is 9.75. The number of carbonyl (C=O) groups is 1. The molecular formula is C25H24ClN3O3. The minimum absolute atomic E-state index is 0.139. The SMILES string of the molecule is COc1cc2occ(-c3ccc(Cl)cc3)c2cc1/C(C)=C/C(=O)NCCCn1ccnc1. The highest BCUT2D eigenvalue weighted by Gasteiger charge is 2.15. The van der Waals surface area contributed by atoms with Gasteiger partial charge in [-0.25, -0.2) is 4.98 Å². The van der Waals surface area contributed by atoms with Gasteiger partial charge in [0.1, 0.15) is 11.3 Å². The molecule has 0 spiro atoms. The molecule has 7 heteroatoms. The highest BCUT2D eigenvalue weighted by atomic mass is 35.5. The number of rotatable bonds is 8. The van der Waals surface area contributed by atoms with Crippen LogP contribution in [0.15, 0.2) is 71.9 Å². The Morgan fingerprint density at radius 3 is 2.81 bits per heavy atom. The molecular weight excluding hydrogens is 426 g/mol. The van der Waals surface area contributed by atoms with E-state index in [-0.39, 0.29) is 5.91 Å². The first-order valence-corrected chi connectivity index (χ1v) is 10.7. The minimum Gasteiger partial charge on any atom is -0.496 e. The summed E-state index contributed by atoms with van der Waals surface area (Å²) < 4.78 is 13.3. The average Bonchev–Trinajstić information content (AvgIpc) is 3.46. The lowest BCUT2D eigenvalue weighted by Crippen LogP contribution is -2.23. The van der Waals surface area contributed by atoms with Gasteiger partial charge in [0.25, 0.3) is 0 Å². The van der Waals surface area contributed by atoms with Crippen molar-refractivity contribution in [1.82, 2.24) is 14.9 Å². The van der Waals surface area contributed by atoms with Gasteiger partial charge in [-0.3, -0.25) is 4.79 Å². The Hall–Kier alpha value is -3.51. The summed E-state index contributed by atoms with van der Waals surface area (Å²) in [6.07, 6.45) is 9.56. The fourth-order valence-corrected chi connectivity index (χ4v) is 3.73. The number of furan rings is 1. The van der Waals surface area contributed by atoms with E-state index >= 15 is 0 Å². The van der Waals surface area contributed by atoms with Crippen LogP contribution in [-0.2, 0) is 11.3 Å². The Kier molecular flexibility index (Phi) is 6.61. The van der Waals surface area contributed by atoms with Crippen molar-refractivity contribution in [3.63, 3.8) is 0 Å². The number of halogens is 1. The number of allylic oxidation sites excluding steroid dienone is 1. The lowest BCUT2D eigenvalue weighted by molar-refractivity contribution is -0.116. The average molecular weight is 450 g/mol.